The van der Waals surface area contributed by atoms with Gasteiger partial charge >= 0.3 is 0 Å². The van der Waals surface area contributed by atoms with Crippen LogP contribution in [0.2, 0.25) is 0 Å². The van der Waals surface area contributed by atoms with Gasteiger partial charge in [-0.05, 0) is 19.4 Å². The monoisotopic (exact) mass is 295 g/mol. The van der Waals surface area contributed by atoms with Crippen molar-refractivity contribution < 1.29 is 4.79 Å². The maximum absolute atomic E-state index is 11.9. The van der Waals surface area contributed by atoms with Gasteiger partial charge in [0.05, 0.1) is 5.33 Å². The highest BCUT2D eigenvalue weighted by Gasteiger charge is 2.11. The third-order valence-corrected chi connectivity index (χ3v) is 3.14. The van der Waals surface area contributed by atoms with Gasteiger partial charge in [0.1, 0.15) is 0 Å². The lowest BCUT2D eigenvalue weighted by atomic mass is 10.0. The molecule has 0 N–H and O–H groups in total. The third kappa shape index (κ3) is 4.00. The quantitative estimate of drug-likeness (QED) is 0.593. The topological polar surface area (TPSA) is 20.3 Å². The van der Waals surface area contributed by atoms with Crippen LogP contribution >= 0.6 is 15.9 Å². The van der Waals surface area contributed by atoms with Gasteiger partial charge in [0, 0.05) is 24.9 Å². The molecule has 92 valence electrons. The van der Waals surface area contributed by atoms with E-state index in [-0.39, 0.29) is 5.78 Å². The number of hydrogen-bond acceptors (Lipinski definition) is 2. The van der Waals surface area contributed by atoms with Gasteiger partial charge in [0.2, 0.25) is 0 Å². The second-order valence-electron chi connectivity index (χ2n) is 3.69. The van der Waals surface area contributed by atoms with Gasteiger partial charge in [-0.2, -0.15) is 0 Å². The number of benzene rings is 1. The Morgan fingerprint density at radius 2 is 1.82 bits per heavy atom. The predicted octanol–water partition coefficient (Wildman–Crippen LogP) is 3.33. The van der Waals surface area contributed by atoms with Crippen molar-refractivity contribution in [3.05, 3.63) is 42.1 Å². The summed E-state index contributed by atoms with van der Waals surface area (Å²) >= 11 is 3.24. The SMILES string of the molecule is CCN(C=C(C(=O)CBr)c1ccccc1)CC. The first kappa shape index (κ1) is 14.0. The van der Waals surface area contributed by atoms with Crippen LogP contribution in [0.4, 0.5) is 0 Å². The Bertz CT molecular complexity index is 382. The molecule has 0 radical (unpaired) electrons. The smallest absolute Gasteiger partial charge is 0.175 e. The van der Waals surface area contributed by atoms with Crippen molar-refractivity contribution in [2.24, 2.45) is 0 Å². The highest BCUT2D eigenvalue weighted by Crippen LogP contribution is 2.17. The molecule has 0 aliphatic carbocycles. The van der Waals surface area contributed by atoms with Crippen LogP contribution in [0.1, 0.15) is 19.4 Å². The zero-order valence-electron chi connectivity index (χ0n) is 10.3. The fourth-order valence-corrected chi connectivity index (χ4v) is 1.89. The van der Waals surface area contributed by atoms with Gasteiger partial charge in [0.25, 0.3) is 0 Å². The number of nitrogens with zero attached hydrogens (tertiary/aromatic N) is 1. The number of ketones is 1. The minimum Gasteiger partial charge on any atom is -0.377 e. The van der Waals surface area contributed by atoms with Crippen molar-refractivity contribution in [1.82, 2.24) is 4.90 Å². The van der Waals surface area contributed by atoms with Crippen LogP contribution in [0, 0.1) is 0 Å². The minimum atomic E-state index is 0.114. The van der Waals surface area contributed by atoms with Gasteiger partial charge in [0.15, 0.2) is 5.78 Å². The van der Waals surface area contributed by atoms with E-state index in [1.807, 2.05) is 36.5 Å². The molecule has 0 saturated carbocycles. The molecule has 0 fully saturated rings. The summed E-state index contributed by atoms with van der Waals surface area (Å²) in [5.74, 6) is 0.114. The normalized spacial score (nSPS) is 11.4. The van der Waals surface area contributed by atoms with E-state index in [2.05, 4.69) is 34.7 Å². The second kappa shape index (κ2) is 7.28. The highest BCUT2D eigenvalue weighted by molar-refractivity contribution is 9.09. The first-order valence-corrected chi connectivity index (χ1v) is 6.95. The van der Waals surface area contributed by atoms with Gasteiger partial charge in [-0.15, -0.1) is 0 Å². The highest BCUT2D eigenvalue weighted by atomic mass is 79.9. The number of carbonyl (C=O) groups excluding carboxylic acids is 1. The van der Waals surface area contributed by atoms with E-state index in [0.717, 1.165) is 24.2 Å². The lowest BCUT2D eigenvalue weighted by Crippen LogP contribution is -2.18. The van der Waals surface area contributed by atoms with Crippen LogP contribution in [0.15, 0.2) is 36.5 Å². The Morgan fingerprint density at radius 1 is 1.24 bits per heavy atom. The van der Waals surface area contributed by atoms with E-state index in [1.54, 1.807) is 0 Å². The van der Waals surface area contributed by atoms with Crippen molar-refractivity contribution in [3.8, 4) is 0 Å². The van der Waals surface area contributed by atoms with Crippen molar-refractivity contribution in [1.29, 1.82) is 0 Å². The lowest BCUT2D eigenvalue weighted by molar-refractivity contribution is -0.111. The van der Waals surface area contributed by atoms with Crippen LogP contribution in [0.25, 0.3) is 5.57 Å². The predicted molar refractivity (Wildman–Crippen MR) is 76.1 cm³/mol. The van der Waals surface area contributed by atoms with Crippen LogP contribution in [0.5, 0.6) is 0 Å². The zero-order chi connectivity index (χ0) is 12.7. The molecule has 0 bridgehead atoms. The van der Waals surface area contributed by atoms with Gasteiger partial charge in [-0.3, -0.25) is 4.79 Å². The average Bonchev–Trinajstić information content (AvgIpc) is 2.40. The molecule has 0 aliphatic heterocycles. The average molecular weight is 296 g/mol. The van der Waals surface area contributed by atoms with E-state index in [4.69, 9.17) is 0 Å². The first-order chi connectivity index (χ1) is 8.22. The Kier molecular flexibility index (Phi) is 5.98. The summed E-state index contributed by atoms with van der Waals surface area (Å²) in [6.45, 7) is 5.98. The van der Waals surface area contributed by atoms with Crippen molar-refractivity contribution in [3.63, 3.8) is 0 Å². The number of halogens is 1. The molecule has 0 heterocycles. The van der Waals surface area contributed by atoms with Crippen molar-refractivity contribution in [2.75, 3.05) is 18.4 Å². The first-order valence-electron chi connectivity index (χ1n) is 5.83. The van der Waals surface area contributed by atoms with E-state index >= 15 is 0 Å². The number of rotatable bonds is 6. The molecule has 0 aliphatic rings. The van der Waals surface area contributed by atoms with Gasteiger partial charge in [-0.25, -0.2) is 0 Å². The Morgan fingerprint density at radius 3 is 2.29 bits per heavy atom. The molecule has 17 heavy (non-hydrogen) atoms. The number of carbonyl (C=O) groups is 1. The van der Waals surface area contributed by atoms with Crippen LogP contribution in [0.3, 0.4) is 0 Å². The largest absolute Gasteiger partial charge is 0.377 e. The third-order valence-electron chi connectivity index (χ3n) is 2.63. The van der Waals surface area contributed by atoms with E-state index in [9.17, 15) is 4.79 Å². The molecule has 0 amide bonds. The molecule has 2 nitrogen and oxygen atoms in total. The fourth-order valence-electron chi connectivity index (χ4n) is 1.59. The number of hydrogen-bond donors (Lipinski definition) is 0. The maximum Gasteiger partial charge on any atom is 0.175 e. The zero-order valence-corrected chi connectivity index (χ0v) is 11.9. The molecular formula is C14H18BrNO. The molecular weight excluding hydrogens is 278 g/mol. The summed E-state index contributed by atoms with van der Waals surface area (Å²) in [7, 11) is 0. The molecule has 0 unspecified atom stereocenters. The maximum atomic E-state index is 11.9. The summed E-state index contributed by atoms with van der Waals surface area (Å²) < 4.78 is 0. The summed E-state index contributed by atoms with van der Waals surface area (Å²) in [4.78, 5) is 14.1. The van der Waals surface area contributed by atoms with Gasteiger partial charge < -0.3 is 4.90 Å². The van der Waals surface area contributed by atoms with Gasteiger partial charge in [-0.1, -0.05) is 46.3 Å². The Hall–Kier alpha value is -1.09. The second-order valence-corrected chi connectivity index (χ2v) is 4.25. The van der Waals surface area contributed by atoms with Crippen LogP contribution < -0.4 is 0 Å². The molecule has 0 spiro atoms. The Balaban J connectivity index is 3.08. The standard InChI is InChI=1S/C14H18BrNO/c1-3-16(4-2)11-13(14(17)10-15)12-8-6-5-7-9-12/h5-9,11H,3-4,10H2,1-2H3. The molecule has 1 aromatic carbocycles. The van der Waals surface area contributed by atoms with E-state index in [0.29, 0.717) is 5.33 Å². The van der Waals surface area contributed by atoms with E-state index in [1.165, 1.54) is 0 Å². The number of alkyl halides is 1. The summed E-state index contributed by atoms with van der Waals surface area (Å²) in [6.07, 6.45) is 1.96. The van der Waals surface area contributed by atoms with Crippen LogP contribution in [-0.2, 0) is 4.79 Å². The summed E-state index contributed by atoms with van der Waals surface area (Å²) in [5, 5.41) is 0.356. The molecule has 0 aromatic heterocycles. The molecule has 3 heteroatoms. The molecule has 1 aromatic rings. The number of Topliss-reactive ketones (excluding diaryl/α,β-unsaturated/α-hetero) is 1. The molecule has 0 saturated heterocycles. The van der Waals surface area contributed by atoms with Crippen LogP contribution in [-0.4, -0.2) is 29.1 Å². The van der Waals surface area contributed by atoms with E-state index < -0.39 is 0 Å². The molecule has 0 atom stereocenters. The fraction of sp³-hybridized carbons (Fsp3) is 0.357. The minimum absolute atomic E-state index is 0.114. The Labute approximate surface area is 111 Å². The molecule has 1 rings (SSSR count). The van der Waals surface area contributed by atoms with Crippen molar-refractivity contribution in [2.45, 2.75) is 13.8 Å². The lowest BCUT2D eigenvalue weighted by Gasteiger charge is -2.17. The van der Waals surface area contributed by atoms with Crippen molar-refractivity contribution >= 4 is 27.3 Å². The summed E-state index contributed by atoms with van der Waals surface area (Å²) in [5.41, 5.74) is 1.75. The number of allylic oxidation sites excluding steroid dienone is 1. The summed E-state index contributed by atoms with van der Waals surface area (Å²) in [6, 6.07) is 9.79.